The first-order valence-electron chi connectivity index (χ1n) is 7.47. The summed E-state index contributed by atoms with van der Waals surface area (Å²) in [6.07, 6.45) is -3.18. The van der Waals surface area contributed by atoms with E-state index in [1.807, 2.05) is 30.3 Å². The molecule has 0 aliphatic carbocycles. The molecule has 126 valence electrons. The van der Waals surface area contributed by atoms with Gasteiger partial charge in [0.1, 0.15) is 6.61 Å². The predicted molar refractivity (Wildman–Crippen MR) is 78.5 cm³/mol. The molecule has 0 aromatic heterocycles. The second-order valence-corrected chi connectivity index (χ2v) is 5.57. The molecule has 1 aromatic rings. The maximum atomic E-state index is 12.1. The Morgan fingerprint density at radius 3 is 2.70 bits per heavy atom. The van der Waals surface area contributed by atoms with Gasteiger partial charge in [-0.2, -0.15) is 13.2 Å². The van der Waals surface area contributed by atoms with Crippen LogP contribution in [0.4, 0.5) is 13.2 Å². The van der Waals surface area contributed by atoms with Gasteiger partial charge in [-0.1, -0.05) is 36.4 Å². The van der Waals surface area contributed by atoms with Crippen molar-refractivity contribution in [1.29, 1.82) is 0 Å². The maximum absolute atomic E-state index is 12.1. The average molecular weight is 328 g/mol. The summed E-state index contributed by atoms with van der Waals surface area (Å²) in [5, 5.41) is 0. The summed E-state index contributed by atoms with van der Waals surface area (Å²) in [6.45, 7) is 1.85. The van der Waals surface area contributed by atoms with Crippen molar-refractivity contribution in [2.45, 2.75) is 44.8 Å². The molecule has 1 aromatic carbocycles. The summed E-state index contributed by atoms with van der Waals surface area (Å²) in [5.41, 5.74) is 0.881. The minimum Gasteiger partial charge on any atom is -0.461 e. The van der Waals surface area contributed by atoms with Crippen LogP contribution in [0.3, 0.4) is 0 Å². The lowest BCUT2D eigenvalue weighted by Gasteiger charge is -2.18. The number of esters is 1. The molecule has 1 heterocycles. The van der Waals surface area contributed by atoms with E-state index in [0.29, 0.717) is 12.8 Å². The molecule has 0 unspecified atom stereocenters. The molecule has 0 bridgehead atoms. The first-order valence-corrected chi connectivity index (χ1v) is 7.47. The van der Waals surface area contributed by atoms with Crippen molar-refractivity contribution in [3.8, 4) is 0 Å². The molecule has 0 radical (unpaired) electrons. The molecular weight excluding hydrogens is 309 g/mol. The number of hydrogen-bond acceptors (Lipinski definition) is 3. The Morgan fingerprint density at radius 1 is 1.35 bits per heavy atom. The highest BCUT2D eigenvalue weighted by molar-refractivity contribution is 5.72. The van der Waals surface area contributed by atoms with Gasteiger partial charge in [0, 0.05) is 6.08 Å². The fourth-order valence-electron chi connectivity index (χ4n) is 2.43. The number of benzene rings is 1. The summed E-state index contributed by atoms with van der Waals surface area (Å²) in [5.74, 6) is -0.915. The Kier molecular flexibility index (Phi) is 5.82. The number of hydrogen-bond donors (Lipinski definition) is 0. The van der Waals surface area contributed by atoms with Gasteiger partial charge in [0.2, 0.25) is 0 Å². The van der Waals surface area contributed by atoms with Crippen molar-refractivity contribution in [2.75, 3.05) is 0 Å². The van der Waals surface area contributed by atoms with Gasteiger partial charge in [0.05, 0.1) is 18.1 Å². The fourth-order valence-corrected chi connectivity index (χ4v) is 2.43. The quantitative estimate of drug-likeness (QED) is 0.605. The Labute approximate surface area is 133 Å². The fraction of sp³-hybridized carbons (Fsp3) is 0.471. The van der Waals surface area contributed by atoms with E-state index in [1.165, 1.54) is 0 Å². The van der Waals surface area contributed by atoms with Gasteiger partial charge in [-0.05, 0) is 25.3 Å². The second-order valence-electron chi connectivity index (χ2n) is 5.57. The summed E-state index contributed by atoms with van der Waals surface area (Å²) < 4.78 is 47.2. The van der Waals surface area contributed by atoms with Crippen LogP contribution in [0.15, 0.2) is 42.5 Å². The van der Waals surface area contributed by atoms with Crippen LogP contribution in [0.1, 0.15) is 25.3 Å². The maximum Gasteiger partial charge on any atom is 0.409 e. The summed E-state index contributed by atoms with van der Waals surface area (Å²) >= 11 is 0. The molecule has 2 rings (SSSR count). The second kappa shape index (κ2) is 7.64. The zero-order valence-corrected chi connectivity index (χ0v) is 12.8. The average Bonchev–Trinajstić information content (AvgIpc) is 2.99. The molecule has 1 fully saturated rings. The van der Waals surface area contributed by atoms with Crippen LogP contribution in [-0.4, -0.2) is 24.4 Å². The molecule has 6 heteroatoms. The molecular formula is C17H19F3O3. The molecule has 1 aliphatic heterocycles. The summed E-state index contributed by atoms with van der Waals surface area (Å²) in [6, 6.07) is 9.27. The molecule has 23 heavy (non-hydrogen) atoms. The molecule has 1 saturated heterocycles. The lowest BCUT2D eigenvalue weighted by molar-refractivity contribution is -0.154. The molecule has 0 amide bonds. The lowest BCUT2D eigenvalue weighted by Crippen LogP contribution is -2.27. The molecule has 3 atom stereocenters. The van der Waals surface area contributed by atoms with E-state index < -0.39 is 30.3 Å². The minimum atomic E-state index is -4.35. The van der Waals surface area contributed by atoms with Crippen molar-refractivity contribution in [3.63, 3.8) is 0 Å². The normalized spacial score (nSPS) is 23.1. The largest absolute Gasteiger partial charge is 0.461 e. The van der Waals surface area contributed by atoms with Gasteiger partial charge in [-0.25, -0.2) is 0 Å². The molecule has 0 saturated carbocycles. The lowest BCUT2D eigenvalue weighted by atomic mass is 10.0. The Balaban J connectivity index is 1.80. The van der Waals surface area contributed by atoms with E-state index in [9.17, 15) is 18.0 Å². The number of ether oxygens (including phenoxy) is 2. The van der Waals surface area contributed by atoms with Crippen molar-refractivity contribution in [2.24, 2.45) is 5.92 Å². The number of allylic oxidation sites excluding steroid dienone is 1. The number of alkyl halides is 3. The van der Waals surface area contributed by atoms with Crippen molar-refractivity contribution >= 4 is 5.97 Å². The van der Waals surface area contributed by atoms with Gasteiger partial charge >= 0.3 is 12.1 Å². The number of halogens is 3. The predicted octanol–water partition coefficient (Wildman–Crippen LogP) is 4.03. The van der Waals surface area contributed by atoms with E-state index in [2.05, 4.69) is 0 Å². The first-order chi connectivity index (χ1) is 10.8. The molecule has 1 aliphatic rings. The smallest absolute Gasteiger partial charge is 0.409 e. The zero-order chi connectivity index (χ0) is 16.9. The summed E-state index contributed by atoms with van der Waals surface area (Å²) in [4.78, 5) is 12.0. The van der Waals surface area contributed by atoms with E-state index >= 15 is 0 Å². The highest BCUT2D eigenvalue weighted by Gasteiger charge is 2.33. The van der Waals surface area contributed by atoms with Crippen LogP contribution in [0, 0.1) is 5.92 Å². The summed E-state index contributed by atoms with van der Waals surface area (Å²) in [7, 11) is 0. The standard InChI is InChI=1S/C17H19F3O3/c1-12(16(21)22-11-13-5-3-2-4-6-13)15-8-7-14(23-15)9-10-17(18,19)20/h2-6,9-10,12,14-15H,7-8,11H2,1H3/b10-9+/t12-,14+,15-/m0/s1. The highest BCUT2D eigenvalue weighted by Crippen LogP contribution is 2.28. The highest BCUT2D eigenvalue weighted by atomic mass is 19.4. The molecule has 0 spiro atoms. The number of carbonyl (C=O) groups excluding carboxylic acids is 1. The van der Waals surface area contributed by atoms with Gasteiger partial charge < -0.3 is 9.47 Å². The monoisotopic (exact) mass is 328 g/mol. The van der Waals surface area contributed by atoms with Gasteiger partial charge in [-0.15, -0.1) is 0 Å². The van der Waals surface area contributed by atoms with Crippen LogP contribution in [0.25, 0.3) is 0 Å². The number of carbonyl (C=O) groups is 1. The van der Waals surface area contributed by atoms with Crippen LogP contribution >= 0.6 is 0 Å². The minimum absolute atomic E-state index is 0.175. The molecule has 0 N–H and O–H groups in total. The Morgan fingerprint density at radius 2 is 2.04 bits per heavy atom. The van der Waals surface area contributed by atoms with Crippen molar-refractivity contribution in [3.05, 3.63) is 48.0 Å². The number of rotatable bonds is 5. The third-order valence-electron chi connectivity index (χ3n) is 3.74. The SMILES string of the molecule is C[C@H](C(=O)OCc1ccccc1)[C@@H]1CC[C@H](/C=C/C(F)(F)F)O1. The Hall–Kier alpha value is -1.82. The van der Waals surface area contributed by atoms with E-state index in [0.717, 1.165) is 11.6 Å². The third kappa shape index (κ3) is 5.71. The van der Waals surface area contributed by atoms with Crippen LogP contribution < -0.4 is 0 Å². The topological polar surface area (TPSA) is 35.5 Å². The van der Waals surface area contributed by atoms with Crippen LogP contribution in [0.2, 0.25) is 0 Å². The van der Waals surface area contributed by atoms with Crippen molar-refractivity contribution in [1.82, 2.24) is 0 Å². The van der Waals surface area contributed by atoms with Crippen LogP contribution in [-0.2, 0) is 20.9 Å². The first kappa shape index (κ1) is 17.5. The van der Waals surface area contributed by atoms with E-state index in [4.69, 9.17) is 9.47 Å². The Bertz CT molecular complexity index is 540. The van der Waals surface area contributed by atoms with E-state index in [-0.39, 0.29) is 12.7 Å². The zero-order valence-electron chi connectivity index (χ0n) is 12.8. The van der Waals surface area contributed by atoms with Gasteiger partial charge in [-0.3, -0.25) is 4.79 Å². The third-order valence-corrected chi connectivity index (χ3v) is 3.74. The van der Waals surface area contributed by atoms with Gasteiger partial charge in [0.25, 0.3) is 0 Å². The van der Waals surface area contributed by atoms with Gasteiger partial charge in [0.15, 0.2) is 0 Å². The molecule has 3 nitrogen and oxygen atoms in total. The van der Waals surface area contributed by atoms with E-state index in [1.54, 1.807) is 6.92 Å². The van der Waals surface area contributed by atoms with Crippen LogP contribution in [0.5, 0.6) is 0 Å². The van der Waals surface area contributed by atoms with Crippen molar-refractivity contribution < 1.29 is 27.4 Å².